The van der Waals surface area contributed by atoms with Gasteiger partial charge < -0.3 is 10.2 Å². The Kier molecular flexibility index (Phi) is 3.41. The highest BCUT2D eigenvalue weighted by atomic mass is 16.2. The Morgan fingerprint density at radius 1 is 1.35 bits per heavy atom. The second-order valence-electron chi connectivity index (χ2n) is 5.04. The number of amides is 1. The van der Waals surface area contributed by atoms with E-state index in [1.165, 1.54) is 0 Å². The van der Waals surface area contributed by atoms with Crippen LogP contribution in [0.3, 0.4) is 0 Å². The molecule has 1 fully saturated rings. The van der Waals surface area contributed by atoms with Crippen LogP contribution in [0.5, 0.6) is 0 Å². The zero-order valence-electron chi connectivity index (χ0n) is 11.5. The Labute approximate surface area is 118 Å². The van der Waals surface area contributed by atoms with Crippen molar-refractivity contribution in [3.05, 3.63) is 42.2 Å². The monoisotopic (exact) mass is 270 g/mol. The molecule has 2 aromatic rings. The quantitative estimate of drug-likeness (QED) is 0.926. The van der Waals surface area contributed by atoms with Crippen molar-refractivity contribution >= 4 is 17.3 Å². The lowest BCUT2D eigenvalue weighted by atomic mass is 10.2. The van der Waals surface area contributed by atoms with Gasteiger partial charge in [-0.25, -0.2) is 0 Å². The van der Waals surface area contributed by atoms with Crippen LogP contribution < -0.4 is 10.2 Å². The smallest absolute Gasteiger partial charge is 0.227 e. The van der Waals surface area contributed by atoms with Crippen molar-refractivity contribution in [2.24, 2.45) is 7.05 Å². The van der Waals surface area contributed by atoms with Crippen molar-refractivity contribution in [1.29, 1.82) is 0 Å². The Bertz CT molecular complexity index is 620. The van der Waals surface area contributed by atoms with E-state index in [4.69, 9.17) is 0 Å². The average Bonchev–Trinajstić information content (AvgIpc) is 3.05. The molecule has 0 radical (unpaired) electrons. The van der Waals surface area contributed by atoms with E-state index < -0.39 is 0 Å². The molecule has 2 heterocycles. The maximum Gasteiger partial charge on any atom is 0.227 e. The lowest BCUT2D eigenvalue weighted by molar-refractivity contribution is -0.117. The number of para-hydroxylation sites is 2. The molecule has 0 spiro atoms. The number of aromatic nitrogens is 2. The van der Waals surface area contributed by atoms with Crippen molar-refractivity contribution in [3.63, 3.8) is 0 Å². The first-order valence-corrected chi connectivity index (χ1v) is 6.85. The van der Waals surface area contributed by atoms with Gasteiger partial charge in [0.2, 0.25) is 5.91 Å². The summed E-state index contributed by atoms with van der Waals surface area (Å²) in [5, 5.41) is 7.55. The Morgan fingerprint density at radius 3 is 2.90 bits per heavy atom. The van der Waals surface area contributed by atoms with E-state index >= 15 is 0 Å². The third-order valence-electron chi connectivity index (χ3n) is 3.51. The molecular weight excluding hydrogens is 252 g/mol. The Hall–Kier alpha value is -2.30. The van der Waals surface area contributed by atoms with E-state index in [-0.39, 0.29) is 5.91 Å². The summed E-state index contributed by atoms with van der Waals surface area (Å²) in [6, 6.07) is 7.96. The zero-order valence-corrected chi connectivity index (χ0v) is 11.5. The molecular formula is C15H18N4O. The summed E-state index contributed by atoms with van der Waals surface area (Å²) in [7, 11) is 1.90. The Balaban J connectivity index is 1.77. The number of nitrogens with one attached hydrogen (secondary N) is 1. The van der Waals surface area contributed by atoms with Crippen molar-refractivity contribution in [1.82, 2.24) is 9.78 Å². The molecule has 5 heteroatoms. The normalized spacial score (nSPS) is 14.8. The van der Waals surface area contributed by atoms with Crippen molar-refractivity contribution in [2.45, 2.75) is 19.4 Å². The largest absolute Gasteiger partial charge is 0.379 e. The second-order valence-corrected chi connectivity index (χ2v) is 5.04. The number of nitrogens with zero attached hydrogens (tertiary/aromatic N) is 3. The van der Waals surface area contributed by atoms with Crippen molar-refractivity contribution in [2.75, 3.05) is 16.8 Å². The van der Waals surface area contributed by atoms with E-state index in [1.54, 1.807) is 4.68 Å². The average molecular weight is 270 g/mol. The molecule has 5 nitrogen and oxygen atoms in total. The van der Waals surface area contributed by atoms with Gasteiger partial charge in [0.15, 0.2) is 0 Å². The second kappa shape index (κ2) is 5.36. The molecule has 1 amide bonds. The maximum absolute atomic E-state index is 11.9. The lowest BCUT2D eigenvalue weighted by Crippen LogP contribution is -2.24. The van der Waals surface area contributed by atoms with Gasteiger partial charge in [0.05, 0.1) is 17.6 Å². The van der Waals surface area contributed by atoms with Gasteiger partial charge in [-0.1, -0.05) is 12.1 Å². The summed E-state index contributed by atoms with van der Waals surface area (Å²) in [5.74, 6) is 0.209. The number of aryl methyl sites for hydroxylation is 1. The summed E-state index contributed by atoms with van der Waals surface area (Å²) >= 11 is 0. The molecule has 1 saturated heterocycles. The summed E-state index contributed by atoms with van der Waals surface area (Å²) < 4.78 is 1.78. The topological polar surface area (TPSA) is 50.2 Å². The van der Waals surface area contributed by atoms with Gasteiger partial charge in [-0.2, -0.15) is 5.10 Å². The SMILES string of the molecule is Cn1cc(CNc2ccccc2N2CCCC2=O)cn1. The van der Waals surface area contributed by atoms with Gasteiger partial charge >= 0.3 is 0 Å². The molecule has 1 aromatic heterocycles. The molecule has 1 aliphatic rings. The highest BCUT2D eigenvalue weighted by Crippen LogP contribution is 2.29. The lowest BCUT2D eigenvalue weighted by Gasteiger charge is -2.20. The van der Waals surface area contributed by atoms with Gasteiger partial charge in [0.25, 0.3) is 0 Å². The van der Waals surface area contributed by atoms with Crippen LogP contribution >= 0.6 is 0 Å². The molecule has 0 atom stereocenters. The number of anilines is 2. The van der Waals surface area contributed by atoms with Gasteiger partial charge in [-0.05, 0) is 18.6 Å². The first kappa shape index (κ1) is 12.7. The molecule has 0 aliphatic carbocycles. The molecule has 1 N–H and O–H groups in total. The summed E-state index contributed by atoms with van der Waals surface area (Å²) in [6.07, 6.45) is 5.42. The van der Waals surface area contributed by atoms with E-state index in [0.717, 1.165) is 29.9 Å². The fourth-order valence-electron chi connectivity index (χ4n) is 2.52. The van der Waals surface area contributed by atoms with Crippen LogP contribution in [0.2, 0.25) is 0 Å². The third kappa shape index (κ3) is 2.52. The van der Waals surface area contributed by atoms with Crippen LogP contribution in [0.4, 0.5) is 11.4 Å². The zero-order chi connectivity index (χ0) is 13.9. The van der Waals surface area contributed by atoms with E-state index in [9.17, 15) is 4.79 Å². The standard InChI is InChI=1S/C15H18N4O/c1-18-11-12(10-17-18)9-16-13-5-2-3-6-14(13)19-8-4-7-15(19)20/h2-3,5-6,10-11,16H,4,7-9H2,1H3. The third-order valence-corrected chi connectivity index (χ3v) is 3.51. The van der Waals surface area contributed by atoms with Crippen LogP contribution in [0.15, 0.2) is 36.7 Å². The van der Waals surface area contributed by atoms with Crippen LogP contribution in [0.1, 0.15) is 18.4 Å². The molecule has 104 valence electrons. The van der Waals surface area contributed by atoms with Crippen LogP contribution in [-0.4, -0.2) is 22.2 Å². The van der Waals surface area contributed by atoms with Gasteiger partial charge in [-0.15, -0.1) is 0 Å². The number of hydrogen-bond donors (Lipinski definition) is 1. The number of hydrogen-bond acceptors (Lipinski definition) is 3. The van der Waals surface area contributed by atoms with Crippen LogP contribution in [0, 0.1) is 0 Å². The summed E-state index contributed by atoms with van der Waals surface area (Å²) in [5.41, 5.74) is 3.08. The highest BCUT2D eigenvalue weighted by molar-refractivity contribution is 5.98. The minimum atomic E-state index is 0.209. The maximum atomic E-state index is 11.9. The molecule has 1 aliphatic heterocycles. The minimum Gasteiger partial charge on any atom is -0.379 e. The van der Waals surface area contributed by atoms with Crippen LogP contribution in [-0.2, 0) is 18.4 Å². The van der Waals surface area contributed by atoms with Gasteiger partial charge in [0, 0.05) is 38.3 Å². The summed E-state index contributed by atoms with van der Waals surface area (Å²) in [6.45, 7) is 1.51. The molecule has 3 rings (SSSR count). The van der Waals surface area contributed by atoms with E-state index in [1.807, 2.05) is 48.6 Å². The minimum absolute atomic E-state index is 0.209. The number of carbonyl (C=O) groups is 1. The first-order valence-electron chi connectivity index (χ1n) is 6.85. The highest BCUT2D eigenvalue weighted by Gasteiger charge is 2.23. The fourth-order valence-corrected chi connectivity index (χ4v) is 2.52. The van der Waals surface area contributed by atoms with E-state index in [2.05, 4.69) is 10.4 Å². The number of benzene rings is 1. The summed E-state index contributed by atoms with van der Waals surface area (Å²) in [4.78, 5) is 13.8. The van der Waals surface area contributed by atoms with E-state index in [0.29, 0.717) is 13.0 Å². The van der Waals surface area contributed by atoms with Crippen LogP contribution in [0.25, 0.3) is 0 Å². The molecule has 0 bridgehead atoms. The Morgan fingerprint density at radius 2 is 2.20 bits per heavy atom. The predicted molar refractivity (Wildman–Crippen MR) is 78.6 cm³/mol. The first-order chi connectivity index (χ1) is 9.74. The molecule has 0 unspecified atom stereocenters. The fraction of sp³-hybridized carbons (Fsp3) is 0.333. The number of carbonyl (C=O) groups excluding carboxylic acids is 1. The van der Waals surface area contributed by atoms with Gasteiger partial charge in [-0.3, -0.25) is 9.48 Å². The number of rotatable bonds is 4. The van der Waals surface area contributed by atoms with Crippen molar-refractivity contribution < 1.29 is 4.79 Å². The van der Waals surface area contributed by atoms with Gasteiger partial charge in [0.1, 0.15) is 0 Å². The molecule has 20 heavy (non-hydrogen) atoms. The predicted octanol–water partition coefficient (Wildman–Crippen LogP) is 2.16. The molecule has 1 aromatic carbocycles. The van der Waals surface area contributed by atoms with Crippen molar-refractivity contribution in [3.8, 4) is 0 Å². The molecule has 0 saturated carbocycles.